The number of nitrogens with zero attached hydrogens (tertiary/aromatic N) is 2. The number of hydrogen-bond donors (Lipinski definition) is 2. The second kappa shape index (κ2) is 7.87. The third kappa shape index (κ3) is 3.89. The fraction of sp³-hybridized carbons (Fsp3) is 0.273. The number of aliphatic imine (C=N–C) groups is 1. The molecule has 0 radical (unpaired) electrons. The predicted octanol–water partition coefficient (Wildman–Crippen LogP) is 2.75. The number of aromatic nitrogens is 1. The number of urea groups is 1. The van der Waals surface area contributed by atoms with Gasteiger partial charge in [-0.15, -0.1) is 0 Å². The van der Waals surface area contributed by atoms with Gasteiger partial charge in [0, 0.05) is 36.1 Å². The van der Waals surface area contributed by atoms with Crippen LogP contribution in [-0.2, 0) is 16.0 Å². The fourth-order valence-electron chi connectivity index (χ4n) is 3.73. The van der Waals surface area contributed by atoms with Crippen LogP contribution in [0.4, 0.5) is 4.79 Å². The van der Waals surface area contributed by atoms with Gasteiger partial charge in [0.15, 0.2) is 0 Å². The Morgan fingerprint density at radius 1 is 1.28 bits per heavy atom. The van der Waals surface area contributed by atoms with Crippen LogP contribution in [0.2, 0.25) is 0 Å². The lowest BCUT2D eigenvalue weighted by molar-refractivity contribution is -0.130. The number of carbonyl (C=O) groups excluding carboxylic acids is 3. The summed E-state index contributed by atoms with van der Waals surface area (Å²) in [4.78, 5) is 45.3. The summed E-state index contributed by atoms with van der Waals surface area (Å²) < 4.78 is 0. The number of benzene rings is 1. The van der Waals surface area contributed by atoms with E-state index in [1.807, 2.05) is 37.4 Å². The van der Waals surface area contributed by atoms with E-state index in [2.05, 4.69) is 15.3 Å². The van der Waals surface area contributed by atoms with Crippen LogP contribution in [0.1, 0.15) is 18.9 Å². The minimum atomic E-state index is -0.610. The van der Waals surface area contributed by atoms with Crippen LogP contribution in [0.5, 0.6) is 0 Å². The zero-order valence-electron chi connectivity index (χ0n) is 16.1. The quantitative estimate of drug-likeness (QED) is 0.794. The summed E-state index contributed by atoms with van der Waals surface area (Å²) in [6.45, 7) is 1.96. The lowest BCUT2D eigenvalue weighted by atomic mass is 9.95. The molecule has 1 aromatic heterocycles. The third-order valence-electron chi connectivity index (χ3n) is 5.16. The van der Waals surface area contributed by atoms with Gasteiger partial charge < -0.3 is 10.3 Å². The molecule has 1 aliphatic carbocycles. The summed E-state index contributed by atoms with van der Waals surface area (Å²) in [7, 11) is 0. The number of imide groups is 1. The molecule has 29 heavy (non-hydrogen) atoms. The summed E-state index contributed by atoms with van der Waals surface area (Å²) in [5.74, 6) is -1.08. The highest BCUT2D eigenvalue weighted by Gasteiger charge is 2.35. The number of fused-ring (bicyclic) bond motifs is 2. The van der Waals surface area contributed by atoms with Crippen LogP contribution >= 0.6 is 0 Å². The van der Waals surface area contributed by atoms with Crippen molar-refractivity contribution in [2.24, 2.45) is 10.9 Å². The van der Waals surface area contributed by atoms with Gasteiger partial charge in [-0.3, -0.25) is 14.5 Å². The fourth-order valence-corrected chi connectivity index (χ4v) is 3.73. The van der Waals surface area contributed by atoms with Crippen LogP contribution in [0.15, 0.2) is 59.8 Å². The average molecular weight is 390 g/mol. The molecular formula is C22H22N4O3. The van der Waals surface area contributed by atoms with E-state index in [0.717, 1.165) is 21.4 Å². The van der Waals surface area contributed by atoms with Crippen LogP contribution in [0, 0.1) is 5.92 Å². The Hall–Kier alpha value is -3.48. The number of rotatable bonds is 6. The Kier molecular flexibility index (Phi) is 5.12. The van der Waals surface area contributed by atoms with Crippen molar-refractivity contribution >= 4 is 34.5 Å². The van der Waals surface area contributed by atoms with Gasteiger partial charge in [0.1, 0.15) is 0 Å². The molecule has 7 nitrogen and oxygen atoms in total. The minimum absolute atomic E-state index is 0.0220. The minimum Gasteiger partial charge on any atom is -0.361 e. The molecule has 0 spiro atoms. The standard InChI is InChI=1S/C22H22N4O3/c1-14(12-15-13-23-18-8-4-2-6-16(15)18)24-20(27)10-11-26-21(28)17-7-3-5-9-19(17)25-22(26)29/h2-9,13-14,17,23H,10-12H2,1H3,(H,24,27). The lowest BCUT2D eigenvalue weighted by Gasteiger charge is -2.28. The van der Waals surface area contributed by atoms with Gasteiger partial charge in [-0.1, -0.05) is 36.4 Å². The summed E-state index contributed by atoms with van der Waals surface area (Å²) in [5.41, 5.74) is 2.65. The van der Waals surface area contributed by atoms with Crippen molar-refractivity contribution < 1.29 is 14.4 Å². The highest BCUT2D eigenvalue weighted by molar-refractivity contribution is 6.21. The largest absolute Gasteiger partial charge is 0.361 e. The summed E-state index contributed by atoms with van der Waals surface area (Å²) >= 11 is 0. The smallest absolute Gasteiger partial charge is 0.350 e. The van der Waals surface area contributed by atoms with E-state index in [0.29, 0.717) is 12.1 Å². The molecule has 0 saturated heterocycles. The van der Waals surface area contributed by atoms with E-state index in [1.165, 1.54) is 0 Å². The molecule has 0 fully saturated rings. The first kappa shape index (κ1) is 18.9. The maximum Gasteiger partial charge on any atom is 0.350 e. The molecule has 2 unspecified atom stereocenters. The van der Waals surface area contributed by atoms with E-state index in [9.17, 15) is 14.4 Å². The third-order valence-corrected chi connectivity index (χ3v) is 5.16. The van der Waals surface area contributed by atoms with E-state index >= 15 is 0 Å². The Morgan fingerprint density at radius 2 is 2.10 bits per heavy atom. The van der Waals surface area contributed by atoms with Gasteiger partial charge in [-0.05, 0) is 31.1 Å². The number of carbonyl (C=O) groups is 3. The van der Waals surface area contributed by atoms with Crippen molar-refractivity contribution in [3.8, 4) is 0 Å². The molecule has 2 N–H and O–H groups in total. The van der Waals surface area contributed by atoms with Crippen molar-refractivity contribution in [1.82, 2.24) is 15.2 Å². The SMILES string of the molecule is CC(Cc1c[nH]c2ccccc12)NC(=O)CCN1C(=O)N=C2C=CC=CC2C1=O. The zero-order chi connectivity index (χ0) is 20.4. The van der Waals surface area contributed by atoms with Gasteiger partial charge in [0.25, 0.3) is 0 Å². The molecule has 1 aromatic carbocycles. The van der Waals surface area contributed by atoms with Gasteiger partial charge in [0.05, 0.1) is 11.6 Å². The molecular weight excluding hydrogens is 368 g/mol. The summed E-state index contributed by atoms with van der Waals surface area (Å²) in [6, 6.07) is 7.34. The molecule has 0 bridgehead atoms. The molecule has 1 aliphatic heterocycles. The van der Waals surface area contributed by atoms with E-state index < -0.39 is 11.9 Å². The molecule has 7 heteroatoms. The number of amides is 4. The average Bonchev–Trinajstić information content (AvgIpc) is 3.10. The molecule has 2 aromatic rings. The Balaban J connectivity index is 1.32. The highest BCUT2D eigenvalue weighted by atomic mass is 16.2. The van der Waals surface area contributed by atoms with E-state index in [1.54, 1.807) is 24.3 Å². The van der Waals surface area contributed by atoms with Crippen LogP contribution < -0.4 is 5.32 Å². The van der Waals surface area contributed by atoms with Gasteiger partial charge in [-0.2, -0.15) is 4.99 Å². The monoisotopic (exact) mass is 390 g/mol. The number of H-pyrrole nitrogens is 1. The topological polar surface area (TPSA) is 94.6 Å². The van der Waals surface area contributed by atoms with Crippen molar-refractivity contribution in [2.45, 2.75) is 25.8 Å². The molecule has 2 aliphatic rings. The van der Waals surface area contributed by atoms with Crippen LogP contribution in [0.25, 0.3) is 10.9 Å². The maximum absolute atomic E-state index is 12.5. The number of aromatic amines is 1. The van der Waals surface area contributed by atoms with Crippen molar-refractivity contribution in [3.63, 3.8) is 0 Å². The first-order valence-corrected chi connectivity index (χ1v) is 9.66. The number of hydrogen-bond acceptors (Lipinski definition) is 3. The molecule has 0 saturated carbocycles. The molecule has 4 amide bonds. The molecule has 148 valence electrons. The van der Waals surface area contributed by atoms with Gasteiger partial charge in [-0.25, -0.2) is 4.79 Å². The predicted molar refractivity (Wildman–Crippen MR) is 111 cm³/mol. The lowest BCUT2D eigenvalue weighted by Crippen LogP contribution is -2.47. The Labute approximate surface area is 168 Å². The van der Waals surface area contributed by atoms with Crippen LogP contribution in [-0.4, -0.2) is 46.0 Å². The Bertz CT molecular complexity index is 1060. The first-order chi connectivity index (χ1) is 14.0. The van der Waals surface area contributed by atoms with Crippen molar-refractivity contribution in [1.29, 1.82) is 0 Å². The number of nitrogens with one attached hydrogen (secondary N) is 2. The summed E-state index contributed by atoms with van der Waals surface area (Å²) in [5, 5.41) is 4.09. The number of allylic oxidation sites excluding steroid dienone is 3. The second-order valence-corrected chi connectivity index (χ2v) is 7.31. The maximum atomic E-state index is 12.5. The van der Waals surface area contributed by atoms with E-state index in [4.69, 9.17) is 0 Å². The first-order valence-electron chi connectivity index (χ1n) is 9.66. The molecule has 4 rings (SSSR count). The molecule has 2 heterocycles. The Morgan fingerprint density at radius 3 is 2.97 bits per heavy atom. The zero-order valence-corrected chi connectivity index (χ0v) is 16.1. The van der Waals surface area contributed by atoms with Gasteiger partial charge >= 0.3 is 6.03 Å². The second-order valence-electron chi connectivity index (χ2n) is 7.31. The van der Waals surface area contributed by atoms with E-state index in [-0.39, 0.29) is 30.8 Å². The highest BCUT2D eigenvalue weighted by Crippen LogP contribution is 2.20. The normalized spacial score (nSPS) is 19.3. The van der Waals surface area contributed by atoms with Crippen molar-refractivity contribution in [2.75, 3.05) is 6.54 Å². The summed E-state index contributed by atoms with van der Waals surface area (Å²) in [6.07, 6.45) is 9.57. The van der Waals surface area contributed by atoms with Crippen LogP contribution in [0.3, 0.4) is 0 Å². The van der Waals surface area contributed by atoms with Gasteiger partial charge in [0.2, 0.25) is 11.8 Å². The molecule has 2 atom stereocenters. The van der Waals surface area contributed by atoms with Crippen molar-refractivity contribution in [3.05, 3.63) is 60.3 Å². The number of para-hydroxylation sites is 1.